The molecule has 0 bridgehead atoms. The van der Waals surface area contributed by atoms with Gasteiger partial charge in [-0.1, -0.05) is 28.1 Å². The van der Waals surface area contributed by atoms with Crippen LogP contribution in [-0.2, 0) is 11.2 Å². The highest BCUT2D eigenvalue weighted by Crippen LogP contribution is 2.17. The molecule has 1 aromatic rings. The average molecular weight is 268 g/mol. The highest BCUT2D eigenvalue weighted by Gasteiger charge is 2.21. The Morgan fingerprint density at radius 3 is 3.07 bits per heavy atom. The number of piperidine rings is 1. The fraction of sp³-hybridized carbons (Fsp3) is 0.417. The Labute approximate surface area is 98.2 Å². The molecule has 0 amide bonds. The van der Waals surface area contributed by atoms with E-state index in [2.05, 4.69) is 33.4 Å². The molecule has 0 aliphatic carbocycles. The van der Waals surface area contributed by atoms with Crippen LogP contribution in [0.5, 0.6) is 0 Å². The second-order valence-corrected chi connectivity index (χ2v) is 4.87. The van der Waals surface area contributed by atoms with E-state index in [4.69, 9.17) is 0 Å². The van der Waals surface area contributed by atoms with Crippen molar-refractivity contribution in [3.8, 4) is 0 Å². The lowest BCUT2D eigenvalue weighted by molar-refractivity contribution is -0.123. The van der Waals surface area contributed by atoms with Crippen molar-refractivity contribution in [3.63, 3.8) is 0 Å². The first-order chi connectivity index (χ1) is 7.25. The minimum atomic E-state index is 0.160. The normalized spacial score (nSPS) is 21.7. The van der Waals surface area contributed by atoms with Crippen LogP contribution in [0.2, 0.25) is 0 Å². The number of benzene rings is 1. The lowest BCUT2D eigenvalue weighted by Gasteiger charge is -2.21. The fourth-order valence-electron chi connectivity index (χ4n) is 1.94. The van der Waals surface area contributed by atoms with Gasteiger partial charge in [0.05, 0.1) is 0 Å². The number of carbonyl (C=O) groups excluding carboxylic acids is 1. The van der Waals surface area contributed by atoms with Gasteiger partial charge in [-0.3, -0.25) is 4.79 Å². The predicted octanol–water partition coefficient (Wildman–Crippen LogP) is 2.17. The monoisotopic (exact) mass is 267 g/mol. The van der Waals surface area contributed by atoms with E-state index in [1.807, 2.05) is 12.1 Å². The summed E-state index contributed by atoms with van der Waals surface area (Å²) in [4.78, 5) is 11.6. The average Bonchev–Trinajstić information content (AvgIpc) is 2.22. The van der Waals surface area contributed by atoms with Crippen molar-refractivity contribution in [1.29, 1.82) is 0 Å². The van der Waals surface area contributed by atoms with Crippen molar-refractivity contribution >= 4 is 21.7 Å². The molecule has 0 saturated carbocycles. The van der Waals surface area contributed by atoms with Crippen molar-refractivity contribution in [2.75, 3.05) is 13.1 Å². The number of halogens is 1. The second-order valence-electron chi connectivity index (χ2n) is 3.95. The van der Waals surface area contributed by atoms with E-state index in [1.165, 1.54) is 5.56 Å². The van der Waals surface area contributed by atoms with Gasteiger partial charge in [0.1, 0.15) is 5.78 Å². The Kier molecular flexibility index (Phi) is 3.54. The SMILES string of the molecule is O=C1CCNCC1Cc1cccc(Br)c1. The predicted molar refractivity (Wildman–Crippen MR) is 63.8 cm³/mol. The zero-order valence-electron chi connectivity index (χ0n) is 8.50. The largest absolute Gasteiger partial charge is 0.316 e. The first kappa shape index (κ1) is 10.8. The molecule has 2 rings (SSSR count). The molecule has 1 N–H and O–H groups in total. The second kappa shape index (κ2) is 4.90. The van der Waals surface area contributed by atoms with Gasteiger partial charge in [-0.05, 0) is 24.1 Å². The van der Waals surface area contributed by atoms with Crippen LogP contribution < -0.4 is 5.32 Å². The van der Waals surface area contributed by atoms with Crippen LogP contribution >= 0.6 is 15.9 Å². The van der Waals surface area contributed by atoms with Gasteiger partial charge < -0.3 is 5.32 Å². The number of Topliss-reactive ketones (excluding diaryl/α,β-unsaturated/α-hetero) is 1. The van der Waals surface area contributed by atoms with Gasteiger partial charge in [0.15, 0.2) is 0 Å². The summed E-state index contributed by atoms with van der Waals surface area (Å²) in [5, 5.41) is 3.27. The van der Waals surface area contributed by atoms with E-state index in [9.17, 15) is 4.79 Å². The quantitative estimate of drug-likeness (QED) is 0.890. The number of nitrogens with one attached hydrogen (secondary N) is 1. The van der Waals surface area contributed by atoms with Crippen LogP contribution in [0, 0.1) is 5.92 Å². The third-order valence-corrected chi connectivity index (χ3v) is 3.26. The molecule has 15 heavy (non-hydrogen) atoms. The van der Waals surface area contributed by atoms with E-state index in [0.29, 0.717) is 12.2 Å². The van der Waals surface area contributed by atoms with Crippen molar-refractivity contribution in [2.24, 2.45) is 5.92 Å². The summed E-state index contributed by atoms with van der Waals surface area (Å²) < 4.78 is 1.08. The lowest BCUT2D eigenvalue weighted by Crippen LogP contribution is -2.37. The Hall–Kier alpha value is -0.670. The van der Waals surface area contributed by atoms with Gasteiger partial charge >= 0.3 is 0 Å². The van der Waals surface area contributed by atoms with Crippen molar-refractivity contribution in [2.45, 2.75) is 12.8 Å². The molecule has 1 heterocycles. The Bertz CT molecular complexity index is 364. The minimum absolute atomic E-state index is 0.160. The molecule has 80 valence electrons. The molecule has 0 radical (unpaired) electrons. The van der Waals surface area contributed by atoms with Gasteiger partial charge in [0, 0.05) is 29.9 Å². The summed E-state index contributed by atoms with van der Waals surface area (Å²) in [6.45, 7) is 1.67. The van der Waals surface area contributed by atoms with Crippen LogP contribution in [0.15, 0.2) is 28.7 Å². The van der Waals surface area contributed by atoms with E-state index in [-0.39, 0.29) is 5.92 Å². The summed E-state index contributed by atoms with van der Waals surface area (Å²) in [7, 11) is 0. The Balaban J connectivity index is 2.04. The summed E-state index contributed by atoms with van der Waals surface area (Å²) >= 11 is 3.44. The molecule has 1 saturated heterocycles. The molecular formula is C12H14BrNO. The molecule has 0 aromatic heterocycles. The number of hydrogen-bond donors (Lipinski definition) is 1. The van der Waals surface area contributed by atoms with E-state index in [0.717, 1.165) is 24.0 Å². The molecule has 1 atom stereocenters. The maximum Gasteiger partial charge on any atom is 0.138 e. The Morgan fingerprint density at radius 1 is 1.47 bits per heavy atom. The topological polar surface area (TPSA) is 29.1 Å². The first-order valence-electron chi connectivity index (χ1n) is 5.23. The highest BCUT2D eigenvalue weighted by molar-refractivity contribution is 9.10. The van der Waals surface area contributed by atoms with Gasteiger partial charge in [-0.2, -0.15) is 0 Å². The van der Waals surface area contributed by atoms with Crippen molar-refractivity contribution in [1.82, 2.24) is 5.32 Å². The molecular weight excluding hydrogens is 254 g/mol. The smallest absolute Gasteiger partial charge is 0.138 e. The van der Waals surface area contributed by atoms with Gasteiger partial charge in [-0.15, -0.1) is 0 Å². The number of ketones is 1. The number of carbonyl (C=O) groups is 1. The van der Waals surface area contributed by atoms with Crippen LogP contribution in [0.4, 0.5) is 0 Å². The van der Waals surface area contributed by atoms with Gasteiger partial charge in [0.2, 0.25) is 0 Å². The van der Waals surface area contributed by atoms with Crippen LogP contribution in [-0.4, -0.2) is 18.9 Å². The van der Waals surface area contributed by atoms with Gasteiger partial charge in [-0.25, -0.2) is 0 Å². The van der Waals surface area contributed by atoms with Crippen LogP contribution in [0.3, 0.4) is 0 Å². The van der Waals surface area contributed by atoms with Crippen LogP contribution in [0.25, 0.3) is 0 Å². The molecule has 1 aromatic carbocycles. The number of hydrogen-bond acceptors (Lipinski definition) is 2. The molecule has 1 unspecified atom stereocenters. The molecule has 0 spiro atoms. The molecule has 1 fully saturated rings. The van der Waals surface area contributed by atoms with Crippen molar-refractivity contribution in [3.05, 3.63) is 34.3 Å². The summed E-state index contributed by atoms with van der Waals surface area (Å²) in [6.07, 6.45) is 1.53. The molecule has 2 nitrogen and oxygen atoms in total. The third-order valence-electron chi connectivity index (χ3n) is 2.77. The summed E-state index contributed by atoms with van der Waals surface area (Å²) in [5.74, 6) is 0.557. The van der Waals surface area contributed by atoms with E-state index >= 15 is 0 Å². The minimum Gasteiger partial charge on any atom is -0.316 e. The summed E-state index contributed by atoms with van der Waals surface area (Å²) in [6, 6.07) is 8.18. The highest BCUT2D eigenvalue weighted by atomic mass is 79.9. The Morgan fingerprint density at radius 2 is 2.33 bits per heavy atom. The van der Waals surface area contributed by atoms with E-state index < -0.39 is 0 Å². The fourth-order valence-corrected chi connectivity index (χ4v) is 2.39. The van der Waals surface area contributed by atoms with E-state index in [1.54, 1.807) is 0 Å². The lowest BCUT2D eigenvalue weighted by atomic mass is 9.91. The third kappa shape index (κ3) is 2.89. The molecule has 3 heteroatoms. The first-order valence-corrected chi connectivity index (χ1v) is 6.03. The summed E-state index contributed by atoms with van der Waals surface area (Å²) in [5.41, 5.74) is 1.23. The van der Waals surface area contributed by atoms with Crippen LogP contribution in [0.1, 0.15) is 12.0 Å². The molecule has 1 aliphatic heterocycles. The maximum absolute atomic E-state index is 11.6. The van der Waals surface area contributed by atoms with Gasteiger partial charge in [0.25, 0.3) is 0 Å². The zero-order valence-corrected chi connectivity index (χ0v) is 10.1. The standard InChI is InChI=1S/C12H14BrNO/c13-11-3-1-2-9(7-11)6-10-8-14-5-4-12(10)15/h1-3,7,10,14H,4-6,8H2. The number of rotatable bonds is 2. The maximum atomic E-state index is 11.6. The van der Waals surface area contributed by atoms with Crippen molar-refractivity contribution < 1.29 is 4.79 Å². The zero-order chi connectivity index (χ0) is 10.7. The molecule has 1 aliphatic rings.